The Labute approximate surface area is 93.7 Å². The minimum Gasteiger partial charge on any atom is -0.380 e. The van der Waals surface area contributed by atoms with Gasteiger partial charge in [-0.15, -0.1) is 11.3 Å². The van der Waals surface area contributed by atoms with Crippen molar-refractivity contribution in [3.63, 3.8) is 0 Å². The molecule has 15 heavy (non-hydrogen) atoms. The maximum Gasteiger partial charge on any atom is 0.0947 e. The molecule has 1 atom stereocenters. The molecule has 0 saturated carbocycles. The maximum absolute atomic E-state index is 9.20. The number of hydrogen-bond donors (Lipinski definition) is 0. The lowest BCUT2D eigenvalue weighted by molar-refractivity contribution is 0.171. The zero-order chi connectivity index (χ0) is 10.9. The molecule has 1 unspecified atom stereocenters. The molecular formula is C11H14N2OS. The van der Waals surface area contributed by atoms with Crippen molar-refractivity contribution in [2.24, 2.45) is 5.41 Å². The lowest BCUT2D eigenvalue weighted by atomic mass is 9.86. The molecular weight excluding hydrogens is 208 g/mol. The van der Waals surface area contributed by atoms with Gasteiger partial charge in [-0.2, -0.15) is 5.26 Å². The van der Waals surface area contributed by atoms with Crippen molar-refractivity contribution >= 4 is 11.3 Å². The van der Waals surface area contributed by atoms with E-state index < -0.39 is 0 Å². The minimum atomic E-state index is -0.323. The molecule has 1 fully saturated rings. The summed E-state index contributed by atoms with van der Waals surface area (Å²) in [4.78, 5) is 5.73. The minimum absolute atomic E-state index is 0.323. The van der Waals surface area contributed by atoms with E-state index in [0.29, 0.717) is 13.2 Å². The van der Waals surface area contributed by atoms with Gasteiger partial charge < -0.3 is 4.74 Å². The van der Waals surface area contributed by atoms with Crippen molar-refractivity contribution in [2.75, 3.05) is 13.2 Å². The number of thiazole rings is 1. The third-order valence-electron chi connectivity index (χ3n) is 2.90. The second-order valence-electron chi connectivity index (χ2n) is 4.12. The van der Waals surface area contributed by atoms with Crippen LogP contribution < -0.4 is 0 Å². The van der Waals surface area contributed by atoms with E-state index in [4.69, 9.17) is 4.74 Å². The Morgan fingerprint density at radius 2 is 2.40 bits per heavy atom. The molecule has 2 rings (SSSR count). The first-order chi connectivity index (χ1) is 7.15. The molecule has 1 aromatic rings. The van der Waals surface area contributed by atoms with E-state index in [-0.39, 0.29) is 5.41 Å². The van der Waals surface area contributed by atoms with Gasteiger partial charge in [-0.1, -0.05) is 0 Å². The average Bonchev–Trinajstić information content (AvgIpc) is 2.77. The van der Waals surface area contributed by atoms with Gasteiger partial charge in [0.15, 0.2) is 0 Å². The molecule has 0 spiro atoms. The highest BCUT2D eigenvalue weighted by molar-refractivity contribution is 7.11. The lowest BCUT2D eigenvalue weighted by Gasteiger charge is -2.15. The van der Waals surface area contributed by atoms with Crippen LogP contribution in [0.5, 0.6) is 0 Å². The van der Waals surface area contributed by atoms with Gasteiger partial charge in [0.05, 0.1) is 28.8 Å². The van der Waals surface area contributed by atoms with Crippen molar-refractivity contribution < 1.29 is 4.74 Å². The van der Waals surface area contributed by atoms with Gasteiger partial charge in [-0.05, 0) is 20.3 Å². The van der Waals surface area contributed by atoms with Crippen LogP contribution in [-0.2, 0) is 11.2 Å². The molecule has 1 aliphatic rings. The molecule has 0 N–H and O–H groups in total. The molecule has 0 amide bonds. The normalized spacial score (nSPS) is 25.4. The first-order valence-electron chi connectivity index (χ1n) is 5.07. The fourth-order valence-electron chi connectivity index (χ4n) is 1.78. The van der Waals surface area contributed by atoms with Gasteiger partial charge >= 0.3 is 0 Å². The molecule has 1 aliphatic heterocycles. The van der Waals surface area contributed by atoms with Gasteiger partial charge in [0, 0.05) is 17.9 Å². The zero-order valence-corrected chi connectivity index (χ0v) is 9.86. The fourth-order valence-corrected chi connectivity index (χ4v) is 2.86. The Morgan fingerprint density at radius 3 is 2.87 bits per heavy atom. The number of nitrogens with zero attached hydrogens (tertiary/aromatic N) is 2. The standard InChI is InChI=1S/C11H14N2OS/c1-8-9(2)15-10(13-8)5-11(6-12)3-4-14-7-11/h3-5,7H2,1-2H3. The lowest BCUT2D eigenvalue weighted by Crippen LogP contribution is -2.21. The van der Waals surface area contributed by atoms with Crippen LogP contribution in [0.15, 0.2) is 0 Å². The number of aromatic nitrogens is 1. The third kappa shape index (κ3) is 2.04. The SMILES string of the molecule is Cc1nc(CC2(C#N)CCOC2)sc1C. The van der Waals surface area contributed by atoms with Crippen LogP contribution in [0, 0.1) is 30.6 Å². The smallest absolute Gasteiger partial charge is 0.0947 e. The Morgan fingerprint density at radius 1 is 1.60 bits per heavy atom. The van der Waals surface area contributed by atoms with E-state index in [1.54, 1.807) is 11.3 Å². The van der Waals surface area contributed by atoms with Crippen LogP contribution in [0.4, 0.5) is 0 Å². The van der Waals surface area contributed by atoms with Crippen LogP contribution in [0.2, 0.25) is 0 Å². The Bertz CT molecular complexity index is 380. The van der Waals surface area contributed by atoms with E-state index in [2.05, 4.69) is 18.0 Å². The van der Waals surface area contributed by atoms with E-state index >= 15 is 0 Å². The summed E-state index contributed by atoms with van der Waals surface area (Å²) in [6.45, 7) is 5.35. The molecule has 0 bridgehead atoms. The Kier molecular flexibility index (Phi) is 2.76. The predicted octanol–water partition coefficient (Wildman–Crippen LogP) is 2.23. The maximum atomic E-state index is 9.20. The van der Waals surface area contributed by atoms with Crippen LogP contribution >= 0.6 is 11.3 Å². The molecule has 0 aromatic carbocycles. The first kappa shape index (κ1) is 10.6. The fraction of sp³-hybridized carbons (Fsp3) is 0.636. The molecule has 3 nitrogen and oxygen atoms in total. The Balaban J connectivity index is 2.17. The van der Waals surface area contributed by atoms with E-state index in [1.165, 1.54) is 4.88 Å². The topological polar surface area (TPSA) is 45.9 Å². The van der Waals surface area contributed by atoms with Crippen molar-refractivity contribution in [2.45, 2.75) is 26.7 Å². The van der Waals surface area contributed by atoms with E-state index in [9.17, 15) is 5.26 Å². The summed E-state index contributed by atoms with van der Waals surface area (Å²) in [6, 6.07) is 2.40. The first-order valence-corrected chi connectivity index (χ1v) is 5.89. The zero-order valence-electron chi connectivity index (χ0n) is 9.04. The monoisotopic (exact) mass is 222 g/mol. The summed E-state index contributed by atoms with van der Waals surface area (Å²) in [6.07, 6.45) is 1.57. The van der Waals surface area contributed by atoms with Crippen molar-refractivity contribution in [1.29, 1.82) is 5.26 Å². The third-order valence-corrected chi connectivity index (χ3v) is 3.98. The van der Waals surface area contributed by atoms with Crippen LogP contribution in [0.1, 0.15) is 22.0 Å². The number of nitriles is 1. The van der Waals surface area contributed by atoms with Gasteiger partial charge in [0.1, 0.15) is 0 Å². The number of ether oxygens (including phenoxy) is 1. The predicted molar refractivity (Wildman–Crippen MR) is 58.8 cm³/mol. The quantitative estimate of drug-likeness (QED) is 0.771. The highest BCUT2D eigenvalue weighted by Gasteiger charge is 2.36. The van der Waals surface area contributed by atoms with Gasteiger partial charge in [0.2, 0.25) is 0 Å². The van der Waals surface area contributed by atoms with Crippen LogP contribution in [0.3, 0.4) is 0 Å². The van der Waals surface area contributed by atoms with Gasteiger partial charge in [0.25, 0.3) is 0 Å². The van der Waals surface area contributed by atoms with Gasteiger partial charge in [-0.3, -0.25) is 0 Å². The van der Waals surface area contributed by atoms with Crippen molar-refractivity contribution in [3.05, 3.63) is 15.6 Å². The highest BCUT2D eigenvalue weighted by Crippen LogP contribution is 2.33. The second kappa shape index (κ2) is 3.92. The summed E-state index contributed by atoms with van der Waals surface area (Å²) in [5.74, 6) is 0. The molecule has 4 heteroatoms. The summed E-state index contributed by atoms with van der Waals surface area (Å²) < 4.78 is 5.31. The molecule has 0 radical (unpaired) electrons. The Hall–Kier alpha value is -0.920. The van der Waals surface area contributed by atoms with Gasteiger partial charge in [-0.25, -0.2) is 4.98 Å². The van der Waals surface area contributed by atoms with E-state index in [0.717, 1.165) is 23.5 Å². The molecule has 2 heterocycles. The molecule has 80 valence electrons. The summed E-state index contributed by atoms with van der Waals surface area (Å²) >= 11 is 1.70. The average molecular weight is 222 g/mol. The number of aryl methyl sites for hydroxylation is 2. The number of hydrogen-bond acceptors (Lipinski definition) is 4. The highest BCUT2D eigenvalue weighted by atomic mass is 32.1. The van der Waals surface area contributed by atoms with Crippen LogP contribution in [0.25, 0.3) is 0 Å². The van der Waals surface area contributed by atoms with E-state index in [1.807, 2.05) is 6.92 Å². The van der Waals surface area contributed by atoms with Crippen molar-refractivity contribution in [1.82, 2.24) is 4.98 Å². The summed E-state index contributed by atoms with van der Waals surface area (Å²) in [5, 5.41) is 10.3. The molecule has 0 aliphatic carbocycles. The molecule has 1 aromatic heterocycles. The molecule has 1 saturated heterocycles. The summed E-state index contributed by atoms with van der Waals surface area (Å²) in [7, 11) is 0. The largest absolute Gasteiger partial charge is 0.380 e. The number of rotatable bonds is 2. The summed E-state index contributed by atoms with van der Waals surface area (Å²) in [5.41, 5.74) is 0.763. The van der Waals surface area contributed by atoms with Crippen LogP contribution in [-0.4, -0.2) is 18.2 Å². The van der Waals surface area contributed by atoms with Crippen molar-refractivity contribution in [3.8, 4) is 6.07 Å². The second-order valence-corrected chi connectivity index (χ2v) is 5.41.